The van der Waals surface area contributed by atoms with Gasteiger partial charge in [0.15, 0.2) is 23.0 Å². The minimum Gasteiger partial charge on any atom is -0.493 e. The fourth-order valence-electron chi connectivity index (χ4n) is 6.05. The second-order valence-electron chi connectivity index (χ2n) is 10.8. The van der Waals surface area contributed by atoms with Gasteiger partial charge in [-0.3, -0.25) is 9.69 Å². The van der Waals surface area contributed by atoms with Crippen LogP contribution >= 0.6 is 0 Å². The number of carbonyl (C=O) groups is 1. The number of hydrogen-bond donors (Lipinski definition) is 0. The minimum absolute atomic E-state index is 0.141. The SMILES string of the molecule is COc1ccc(CC2c3cc(OC)c(OC)cc3CCN2C(=O)CN2CCN(c3cccc(C)c3)CC2)cc1OC. The molecule has 0 aliphatic carbocycles. The van der Waals surface area contributed by atoms with Crippen LogP contribution in [-0.2, 0) is 17.6 Å². The van der Waals surface area contributed by atoms with E-state index in [4.69, 9.17) is 18.9 Å². The number of ether oxygens (including phenoxy) is 4. The summed E-state index contributed by atoms with van der Waals surface area (Å²) in [5.74, 6) is 2.90. The highest BCUT2D eigenvalue weighted by Gasteiger charge is 2.33. The van der Waals surface area contributed by atoms with E-state index in [2.05, 4.69) is 52.0 Å². The van der Waals surface area contributed by atoms with E-state index in [1.54, 1.807) is 28.4 Å². The Morgan fingerprint density at radius 2 is 1.46 bits per heavy atom. The lowest BCUT2D eigenvalue weighted by atomic mass is 9.88. The zero-order chi connectivity index (χ0) is 28.9. The average Bonchev–Trinajstić information content (AvgIpc) is 3.00. The normalized spacial score (nSPS) is 17.1. The van der Waals surface area contributed by atoms with Crippen molar-refractivity contribution in [1.29, 1.82) is 0 Å². The van der Waals surface area contributed by atoms with Crippen molar-refractivity contribution < 1.29 is 23.7 Å². The van der Waals surface area contributed by atoms with Crippen LogP contribution in [-0.4, -0.2) is 83.4 Å². The smallest absolute Gasteiger partial charge is 0.237 e. The Balaban J connectivity index is 1.37. The maximum Gasteiger partial charge on any atom is 0.237 e. The summed E-state index contributed by atoms with van der Waals surface area (Å²) in [6.45, 7) is 6.72. The van der Waals surface area contributed by atoms with Gasteiger partial charge in [-0.2, -0.15) is 0 Å². The summed E-state index contributed by atoms with van der Waals surface area (Å²) in [5.41, 5.74) is 5.87. The second-order valence-corrected chi connectivity index (χ2v) is 10.8. The molecule has 2 aliphatic rings. The molecule has 5 rings (SSSR count). The van der Waals surface area contributed by atoms with Gasteiger partial charge < -0.3 is 28.7 Å². The molecule has 8 heteroatoms. The van der Waals surface area contributed by atoms with Crippen molar-refractivity contribution in [3.05, 3.63) is 76.9 Å². The molecule has 1 amide bonds. The molecule has 1 fully saturated rings. The van der Waals surface area contributed by atoms with Crippen LogP contribution in [0.5, 0.6) is 23.0 Å². The molecule has 1 saturated heterocycles. The molecule has 41 heavy (non-hydrogen) atoms. The summed E-state index contributed by atoms with van der Waals surface area (Å²) in [5, 5.41) is 0. The number of rotatable bonds is 9. The predicted octanol–water partition coefficient (Wildman–Crippen LogP) is 4.52. The van der Waals surface area contributed by atoms with Gasteiger partial charge in [0, 0.05) is 38.4 Å². The molecule has 2 aliphatic heterocycles. The summed E-state index contributed by atoms with van der Waals surface area (Å²) >= 11 is 0. The summed E-state index contributed by atoms with van der Waals surface area (Å²) < 4.78 is 22.3. The number of hydrogen-bond acceptors (Lipinski definition) is 7. The van der Waals surface area contributed by atoms with Crippen molar-refractivity contribution in [2.75, 3.05) is 72.6 Å². The first-order chi connectivity index (χ1) is 19.9. The van der Waals surface area contributed by atoms with Crippen molar-refractivity contribution in [2.45, 2.75) is 25.8 Å². The van der Waals surface area contributed by atoms with Crippen LogP contribution in [0.2, 0.25) is 0 Å². The van der Waals surface area contributed by atoms with E-state index in [0.29, 0.717) is 42.5 Å². The van der Waals surface area contributed by atoms with Gasteiger partial charge in [0.2, 0.25) is 5.91 Å². The highest BCUT2D eigenvalue weighted by atomic mass is 16.5. The number of fused-ring (bicyclic) bond motifs is 1. The van der Waals surface area contributed by atoms with Crippen LogP contribution in [0.4, 0.5) is 5.69 Å². The predicted molar refractivity (Wildman–Crippen MR) is 161 cm³/mol. The lowest BCUT2D eigenvalue weighted by Gasteiger charge is -2.40. The molecule has 0 saturated carbocycles. The minimum atomic E-state index is -0.141. The fourth-order valence-corrected chi connectivity index (χ4v) is 6.05. The number of aryl methyl sites for hydroxylation is 1. The third-order valence-corrected chi connectivity index (χ3v) is 8.30. The van der Waals surface area contributed by atoms with Crippen molar-refractivity contribution in [3.8, 4) is 23.0 Å². The van der Waals surface area contributed by atoms with Crippen molar-refractivity contribution in [3.63, 3.8) is 0 Å². The molecule has 1 unspecified atom stereocenters. The Labute approximate surface area is 243 Å². The largest absolute Gasteiger partial charge is 0.493 e. The highest BCUT2D eigenvalue weighted by Crippen LogP contribution is 2.40. The van der Waals surface area contributed by atoms with Crippen molar-refractivity contribution >= 4 is 11.6 Å². The van der Waals surface area contributed by atoms with E-state index < -0.39 is 0 Å². The van der Waals surface area contributed by atoms with E-state index >= 15 is 0 Å². The molecule has 8 nitrogen and oxygen atoms in total. The summed E-state index contributed by atoms with van der Waals surface area (Å²) in [4.78, 5) is 20.7. The molecule has 0 N–H and O–H groups in total. The zero-order valence-electron chi connectivity index (χ0n) is 24.8. The Morgan fingerprint density at radius 3 is 2.15 bits per heavy atom. The van der Waals surface area contributed by atoms with Crippen LogP contribution in [0.3, 0.4) is 0 Å². The molecule has 0 radical (unpaired) electrons. The van der Waals surface area contributed by atoms with E-state index in [1.807, 2.05) is 24.3 Å². The first kappa shape index (κ1) is 28.6. The van der Waals surface area contributed by atoms with Crippen LogP contribution < -0.4 is 23.8 Å². The van der Waals surface area contributed by atoms with Gasteiger partial charge in [0.05, 0.1) is 41.0 Å². The first-order valence-corrected chi connectivity index (χ1v) is 14.2. The summed E-state index contributed by atoms with van der Waals surface area (Å²) in [6.07, 6.45) is 1.42. The van der Waals surface area contributed by atoms with E-state index in [9.17, 15) is 4.79 Å². The van der Waals surface area contributed by atoms with Gasteiger partial charge in [-0.05, 0) is 78.4 Å². The number of nitrogens with zero attached hydrogens (tertiary/aromatic N) is 3. The Morgan fingerprint density at radius 1 is 0.780 bits per heavy atom. The molecular weight excluding hydrogens is 518 g/mol. The average molecular weight is 560 g/mol. The zero-order valence-corrected chi connectivity index (χ0v) is 24.8. The van der Waals surface area contributed by atoms with Crippen molar-refractivity contribution in [2.24, 2.45) is 0 Å². The molecule has 0 spiro atoms. The molecule has 2 heterocycles. The molecule has 3 aromatic carbocycles. The lowest BCUT2D eigenvalue weighted by molar-refractivity contribution is -0.135. The molecule has 0 bridgehead atoms. The molecular formula is C33H41N3O5. The quantitative estimate of drug-likeness (QED) is 0.382. The summed E-state index contributed by atoms with van der Waals surface area (Å²) in [6, 6.07) is 18.6. The molecule has 3 aromatic rings. The summed E-state index contributed by atoms with van der Waals surface area (Å²) in [7, 11) is 6.58. The van der Waals surface area contributed by atoms with Gasteiger partial charge in [-0.1, -0.05) is 18.2 Å². The van der Waals surface area contributed by atoms with Crippen LogP contribution in [0.1, 0.15) is 28.3 Å². The Hall–Kier alpha value is -3.91. The van der Waals surface area contributed by atoms with Crippen LogP contribution in [0.15, 0.2) is 54.6 Å². The Bertz CT molecular complexity index is 1370. The van der Waals surface area contributed by atoms with E-state index in [-0.39, 0.29) is 11.9 Å². The van der Waals surface area contributed by atoms with Gasteiger partial charge in [0.1, 0.15) is 0 Å². The third-order valence-electron chi connectivity index (χ3n) is 8.30. The van der Waals surface area contributed by atoms with Gasteiger partial charge in [0.25, 0.3) is 0 Å². The van der Waals surface area contributed by atoms with Crippen LogP contribution in [0.25, 0.3) is 0 Å². The lowest BCUT2D eigenvalue weighted by Crippen LogP contribution is -2.51. The maximum absolute atomic E-state index is 13.9. The number of benzene rings is 3. The monoisotopic (exact) mass is 559 g/mol. The molecule has 1 atom stereocenters. The fraction of sp³-hybridized carbons (Fsp3) is 0.424. The first-order valence-electron chi connectivity index (χ1n) is 14.2. The van der Waals surface area contributed by atoms with Gasteiger partial charge >= 0.3 is 0 Å². The maximum atomic E-state index is 13.9. The molecule has 218 valence electrons. The highest BCUT2D eigenvalue weighted by molar-refractivity contribution is 5.79. The van der Waals surface area contributed by atoms with Gasteiger partial charge in [-0.15, -0.1) is 0 Å². The number of carbonyl (C=O) groups excluding carboxylic acids is 1. The van der Waals surface area contributed by atoms with Crippen LogP contribution in [0, 0.1) is 6.92 Å². The van der Waals surface area contributed by atoms with E-state index in [0.717, 1.165) is 43.7 Å². The Kier molecular flexibility index (Phi) is 8.88. The van der Waals surface area contributed by atoms with E-state index in [1.165, 1.54) is 16.8 Å². The number of amides is 1. The number of methoxy groups -OCH3 is 4. The number of anilines is 1. The second kappa shape index (κ2) is 12.7. The van der Waals surface area contributed by atoms with Crippen molar-refractivity contribution in [1.82, 2.24) is 9.80 Å². The van der Waals surface area contributed by atoms with Gasteiger partial charge in [-0.25, -0.2) is 0 Å². The number of piperazine rings is 1. The third kappa shape index (κ3) is 6.22. The molecule has 0 aromatic heterocycles. The topological polar surface area (TPSA) is 63.7 Å². The standard InChI is InChI=1S/C33H41N3O5/c1-23-7-6-8-26(17-23)35-15-13-34(14-16-35)22-33(37)36-12-11-25-20-31(40-4)32(41-5)21-27(25)28(36)18-24-9-10-29(38-2)30(19-24)39-3/h6-10,17,19-21,28H,11-16,18,22H2,1-5H3.